The highest BCUT2D eigenvalue weighted by Gasteiger charge is 2.47. The SMILES string of the molecule is CS[C@H]1O[C@H]([C@H](NC(=O)[C@@H]2C[C@H](OCCF)CCN2)C(C)C)[C@H](O)[C@H](O)[C@H]1O. The molecule has 10 heteroatoms. The number of rotatable bonds is 8. The molecule has 0 aromatic heterocycles. The summed E-state index contributed by atoms with van der Waals surface area (Å²) in [5.41, 5.74) is -0.701. The summed E-state index contributed by atoms with van der Waals surface area (Å²) in [4.78, 5) is 12.8. The summed E-state index contributed by atoms with van der Waals surface area (Å²) in [6.45, 7) is 3.81. The Bertz CT molecular complexity index is 501. The number of aliphatic hydroxyl groups is 3. The highest BCUT2D eigenvalue weighted by atomic mass is 32.2. The molecule has 0 bridgehead atoms. The van der Waals surface area contributed by atoms with Crippen LogP contribution in [0.25, 0.3) is 0 Å². The molecular formula is C18H33FN2O6S. The van der Waals surface area contributed by atoms with Crippen molar-refractivity contribution in [1.82, 2.24) is 10.6 Å². The second-order valence-corrected chi connectivity index (χ2v) is 8.60. The molecule has 8 nitrogen and oxygen atoms in total. The molecule has 5 N–H and O–H groups in total. The minimum Gasteiger partial charge on any atom is -0.388 e. The molecular weight excluding hydrogens is 391 g/mol. The van der Waals surface area contributed by atoms with Gasteiger partial charge in [0.25, 0.3) is 0 Å². The second kappa shape index (κ2) is 11.1. The number of hydrogen-bond donors (Lipinski definition) is 5. The van der Waals surface area contributed by atoms with Crippen LogP contribution in [0.1, 0.15) is 26.7 Å². The van der Waals surface area contributed by atoms with Gasteiger partial charge in [0.1, 0.15) is 36.5 Å². The normalized spacial score (nSPS) is 37.6. The Morgan fingerprint density at radius 3 is 2.64 bits per heavy atom. The topological polar surface area (TPSA) is 120 Å². The minimum absolute atomic E-state index is 0.0199. The number of aliphatic hydroxyl groups excluding tert-OH is 3. The number of nitrogens with one attached hydrogen (secondary N) is 2. The predicted molar refractivity (Wildman–Crippen MR) is 104 cm³/mol. The highest BCUT2D eigenvalue weighted by molar-refractivity contribution is 7.99. The van der Waals surface area contributed by atoms with E-state index in [4.69, 9.17) is 9.47 Å². The summed E-state index contributed by atoms with van der Waals surface area (Å²) in [6, 6.07) is -1.06. The summed E-state index contributed by atoms with van der Waals surface area (Å²) in [5.74, 6) is -0.347. The largest absolute Gasteiger partial charge is 0.388 e. The van der Waals surface area contributed by atoms with Crippen LogP contribution in [0.5, 0.6) is 0 Å². The molecule has 0 aliphatic carbocycles. The van der Waals surface area contributed by atoms with Crippen molar-refractivity contribution in [3.8, 4) is 0 Å². The van der Waals surface area contributed by atoms with Crippen LogP contribution >= 0.6 is 11.8 Å². The lowest BCUT2D eigenvalue weighted by Crippen LogP contribution is -2.65. The molecule has 0 unspecified atom stereocenters. The molecule has 2 aliphatic rings. The summed E-state index contributed by atoms with van der Waals surface area (Å²) >= 11 is 1.23. The number of ether oxygens (including phenoxy) is 2. The lowest BCUT2D eigenvalue weighted by molar-refractivity contribution is -0.208. The molecule has 0 aromatic rings. The Balaban J connectivity index is 2.04. The zero-order valence-electron chi connectivity index (χ0n) is 16.6. The molecule has 2 fully saturated rings. The van der Waals surface area contributed by atoms with E-state index in [2.05, 4.69) is 10.6 Å². The van der Waals surface area contributed by atoms with Crippen LogP contribution in [0, 0.1) is 5.92 Å². The fourth-order valence-electron chi connectivity index (χ4n) is 3.70. The number of thioether (sulfide) groups is 1. The molecule has 8 atom stereocenters. The van der Waals surface area contributed by atoms with Gasteiger partial charge >= 0.3 is 0 Å². The zero-order chi connectivity index (χ0) is 20.8. The van der Waals surface area contributed by atoms with E-state index in [-0.39, 0.29) is 24.5 Å². The van der Waals surface area contributed by atoms with Gasteiger partial charge in [-0.05, 0) is 31.6 Å². The van der Waals surface area contributed by atoms with Crippen molar-refractivity contribution in [3.63, 3.8) is 0 Å². The van der Waals surface area contributed by atoms with Gasteiger partial charge in [-0.15, -0.1) is 11.8 Å². The van der Waals surface area contributed by atoms with E-state index >= 15 is 0 Å². The summed E-state index contributed by atoms with van der Waals surface area (Å²) in [5, 5.41) is 36.7. The van der Waals surface area contributed by atoms with Gasteiger partial charge in [-0.3, -0.25) is 4.79 Å². The van der Waals surface area contributed by atoms with Crippen LogP contribution < -0.4 is 10.6 Å². The number of hydrogen-bond acceptors (Lipinski definition) is 8. The molecule has 0 radical (unpaired) electrons. The molecule has 2 saturated heterocycles. The lowest BCUT2D eigenvalue weighted by atomic mass is 9.88. The van der Waals surface area contributed by atoms with Gasteiger partial charge in [0, 0.05) is 0 Å². The third-order valence-electron chi connectivity index (χ3n) is 5.32. The first kappa shape index (κ1) is 23.8. The van der Waals surface area contributed by atoms with Gasteiger partial charge in [-0.2, -0.15) is 0 Å². The van der Waals surface area contributed by atoms with Crippen LogP contribution in [-0.2, 0) is 14.3 Å². The number of carbonyl (C=O) groups is 1. The van der Waals surface area contributed by atoms with Crippen LogP contribution in [-0.4, -0.2) is 95.3 Å². The van der Waals surface area contributed by atoms with Gasteiger partial charge in [-0.25, -0.2) is 4.39 Å². The Morgan fingerprint density at radius 1 is 1.32 bits per heavy atom. The quantitative estimate of drug-likeness (QED) is 0.351. The van der Waals surface area contributed by atoms with Crippen molar-refractivity contribution < 1.29 is 34.0 Å². The first-order valence-electron chi connectivity index (χ1n) is 9.73. The van der Waals surface area contributed by atoms with Crippen LogP contribution in [0.2, 0.25) is 0 Å². The van der Waals surface area contributed by atoms with Crippen LogP contribution in [0.3, 0.4) is 0 Å². The molecule has 28 heavy (non-hydrogen) atoms. The fourth-order valence-corrected chi connectivity index (χ4v) is 4.38. The molecule has 2 heterocycles. The molecule has 0 spiro atoms. The van der Waals surface area contributed by atoms with Crippen molar-refractivity contribution in [3.05, 3.63) is 0 Å². The van der Waals surface area contributed by atoms with E-state index in [0.29, 0.717) is 19.4 Å². The molecule has 164 valence electrons. The first-order chi connectivity index (χ1) is 13.3. The summed E-state index contributed by atoms with van der Waals surface area (Å²) < 4.78 is 23.6. The Kier molecular flexibility index (Phi) is 9.39. The van der Waals surface area contributed by atoms with Crippen molar-refractivity contribution in [2.24, 2.45) is 5.92 Å². The van der Waals surface area contributed by atoms with Crippen molar-refractivity contribution in [2.45, 2.75) is 74.7 Å². The maximum absolute atomic E-state index is 12.8. The Hall–Kier alpha value is -0.490. The Labute approximate surface area is 169 Å². The highest BCUT2D eigenvalue weighted by Crippen LogP contribution is 2.30. The number of halogens is 1. The van der Waals surface area contributed by atoms with Crippen LogP contribution in [0.15, 0.2) is 0 Å². The van der Waals surface area contributed by atoms with E-state index < -0.39 is 48.6 Å². The van der Waals surface area contributed by atoms with Gasteiger partial charge in [-0.1, -0.05) is 13.8 Å². The van der Waals surface area contributed by atoms with Crippen molar-refractivity contribution >= 4 is 17.7 Å². The third kappa shape index (κ3) is 5.78. The molecule has 1 amide bonds. The van der Waals surface area contributed by atoms with E-state index in [0.717, 1.165) is 0 Å². The van der Waals surface area contributed by atoms with Gasteiger partial charge in [0.15, 0.2) is 0 Å². The van der Waals surface area contributed by atoms with Crippen molar-refractivity contribution in [1.29, 1.82) is 0 Å². The number of piperidine rings is 1. The van der Waals surface area contributed by atoms with Crippen LogP contribution in [0.4, 0.5) is 4.39 Å². The molecule has 2 aliphatic heterocycles. The first-order valence-corrected chi connectivity index (χ1v) is 11.0. The smallest absolute Gasteiger partial charge is 0.237 e. The number of carbonyl (C=O) groups excluding carboxylic acids is 1. The third-order valence-corrected chi connectivity index (χ3v) is 6.18. The number of amides is 1. The molecule has 0 aromatic carbocycles. The average Bonchev–Trinajstić information content (AvgIpc) is 2.69. The van der Waals surface area contributed by atoms with E-state index in [1.54, 1.807) is 6.26 Å². The fraction of sp³-hybridized carbons (Fsp3) is 0.944. The number of alkyl halides is 1. The lowest BCUT2D eigenvalue weighted by Gasteiger charge is -2.44. The maximum Gasteiger partial charge on any atom is 0.237 e. The summed E-state index contributed by atoms with van der Waals surface area (Å²) in [6.07, 6.45) is -2.06. The van der Waals surface area contributed by atoms with Gasteiger partial charge in [0.2, 0.25) is 5.91 Å². The standard InChI is InChI=1S/C18H33FN2O6S/c1-9(2)12(16-14(23)13(22)15(24)18(27-16)28-3)21-17(25)11-8-10(4-6-20-11)26-7-5-19/h9-16,18,20,22-24H,4-8H2,1-3H3,(H,21,25)/t10-,11+,12-,13+,14-,15-,16-,18-/m1/s1. The maximum atomic E-state index is 12.8. The predicted octanol–water partition coefficient (Wildman–Crippen LogP) is -0.595. The average molecular weight is 425 g/mol. The van der Waals surface area contributed by atoms with Gasteiger partial charge < -0.3 is 35.4 Å². The van der Waals surface area contributed by atoms with E-state index in [1.807, 2.05) is 13.8 Å². The molecule has 0 saturated carbocycles. The van der Waals surface area contributed by atoms with E-state index in [9.17, 15) is 24.5 Å². The zero-order valence-corrected chi connectivity index (χ0v) is 17.4. The Morgan fingerprint density at radius 2 is 2.04 bits per heavy atom. The molecule has 2 rings (SSSR count). The summed E-state index contributed by atoms with van der Waals surface area (Å²) in [7, 11) is 0. The van der Waals surface area contributed by atoms with Gasteiger partial charge in [0.05, 0.1) is 24.8 Å². The minimum atomic E-state index is -1.36. The monoisotopic (exact) mass is 424 g/mol. The second-order valence-electron chi connectivity index (χ2n) is 7.67. The van der Waals surface area contributed by atoms with E-state index in [1.165, 1.54) is 11.8 Å². The van der Waals surface area contributed by atoms with Crippen molar-refractivity contribution in [2.75, 3.05) is 26.1 Å².